The van der Waals surface area contributed by atoms with Gasteiger partial charge in [-0.3, -0.25) is 4.79 Å². The molecular weight excluding hydrogens is 348 g/mol. The van der Waals surface area contributed by atoms with Gasteiger partial charge in [-0.15, -0.1) is 0 Å². The number of benzene rings is 1. The number of nitrogens with one attached hydrogen (secondary N) is 2. The van der Waals surface area contributed by atoms with Crippen LogP contribution in [0.2, 0.25) is 0 Å². The van der Waals surface area contributed by atoms with Crippen LogP contribution in [-0.4, -0.2) is 19.0 Å². The standard InChI is InChI=1S/C12H12Br2N2O/c1-7(8-5-15-6-8)12(17)16-11-4-9(13)2-3-10(11)14/h2-4,15H,5-6H2,1H3,(H,16,17). The van der Waals surface area contributed by atoms with Crippen LogP contribution in [-0.2, 0) is 4.79 Å². The zero-order valence-electron chi connectivity index (χ0n) is 9.31. The molecule has 0 saturated carbocycles. The predicted molar refractivity (Wildman–Crippen MR) is 76.0 cm³/mol. The summed E-state index contributed by atoms with van der Waals surface area (Å²) in [6.45, 7) is 3.50. The molecule has 0 spiro atoms. The van der Waals surface area contributed by atoms with Crippen molar-refractivity contribution in [3.8, 4) is 0 Å². The van der Waals surface area contributed by atoms with Gasteiger partial charge < -0.3 is 10.6 Å². The van der Waals surface area contributed by atoms with E-state index in [1.54, 1.807) is 0 Å². The summed E-state index contributed by atoms with van der Waals surface area (Å²) in [6, 6.07) is 5.69. The maximum Gasteiger partial charge on any atom is 0.251 e. The van der Waals surface area contributed by atoms with Gasteiger partial charge in [0.1, 0.15) is 0 Å². The van der Waals surface area contributed by atoms with Crippen LogP contribution in [0.4, 0.5) is 5.69 Å². The average Bonchev–Trinajstić information content (AvgIpc) is 2.21. The fourth-order valence-electron chi connectivity index (χ4n) is 1.49. The molecule has 17 heavy (non-hydrogen) atoms. The third-order valence-electron chi connectivity index (χ3n) is 2.72. The van der Waals surface area contributed by atoms with Gasteiger partial charge in [0.05, 0.1) is 5.69 Å². The number of anilines is 1. The Kier molecular flexibility index (Phi) is 4.01. The van der Waals surface area contributed by atoms with E-state index >= 15 is 0 Å². The molecule has 0 bridgehead atoms. The van der Waals surface area contributed by atoms with Crippen LogP contribution in [0, 0.1) is 0 Å². The van der Waals surface area contributed by atoms with Crippen molar-refractivity contribution in [2.75, 3.05) is 18.4 Å². The van der Waals surface area contributed by atoms with Crippen LogP contribution in [0.15, 0.2) is 38.3 Å². The Labute approximate surface area is 117 Å². The molecule has 2 N–H and O–H groups in total. The lowest BCUT2D eigenvalue weighted by atomic mass is 10.0. The molecule has 0 atom stereocenters. The van der Waals surface area contributed by atoms with E-state index in [9.17, 15) is 4.79 Å². The topological polar surface area (TPSA) is 41.1 Å². The maximum atomic E-state index is 12.0. The summed E-state index contributed by atoms with van der Waals surface area (Å²) in [6.07, 6.45) is 0. The first-order valence-electron chi connectivity index (χ1n) is 5.23. The predicted octanol–water partition coefficient (Wildman–Crippen LogP) is 3.07. The second-order valence-corrected chi connectivity index (χ2v) is 5.68. The van der Waals surface area contributed by atoms with Gasteiger partial charge in [-0.05, 0) is 46.6 Å². The third kappa shape index (κ3) is 2.97. The van der Waals surface area contributed by atoms with E-state index < -0.39 is 0 Å². The molecule has 90 valence electrons. The van der Waals surface area contributed by atoms with Crippen LogP contribution in [0.3, 0.4) is 0 Å². The van der Waals surface area contributed by atoms with Gasteiger partial charge in [0.25, 0.3) is 5.91 Å². The van der Waals surface area contributed by atoms with Gasteiger partial charge in [-0.1, -0.05) is 15.9 Å². The molecule has 1 aliphatic heterocycles. The third-order valence-corrected chi connectivity index (χ3v) is 3.91. The van der Waals surface area contributed by atoms with Crippen LogP contribution in [0.1, 0.15) is 6.92 Å². The van der Waals surface area contributed by atoms with E-state index in [0.29, 0.717) is 0 Å². The molecule has 1 saturated heterocycles. The van der Waals surface area contributed by atoms with Gasteiger partial charge in [0.2, 0.25) is 0 Å². The summed E-state index contributed by atoms with van der Waals surface area (Å²) in [5.74, 6) is -0.0414. The largest absolute Gasteiger partial charge is 0.321 e. The molecule has 1 amide bonds. The maximum absolute atomic E-state index is 12.0. The second-order valence-electron chi connectivity index (χ2n) is 3.91. The number of hydrogen-bond acceptors (Lipinski definition) is 2. The molecule has 3 nitrogen and oxygen atoms in total. The molecule has 0 aliphatic carbocycles. The highest BCUT2D eigenvalue weighted by Gasteiger charge is 2.16. The van der Waals surface area contributed by atoms with Crippen molar-refractivity contribution in [2.24, 2.45) is 0 Å². The Morgan fingerprint density at radius 1 is 1.35 bits per heavy atom. The highest BCUT2D eigenvalue weighted by atomic mass is 79.9. The van der Waals surface area contributed by atoms with E-state index in [-0.39, 0.29) is 5.91 Å². The second kappa shape index (κ2) is 5.33. The molecule has 0 unspecified atom stereocenters. The summed E-state index contributed by atoms with van der Waals surface area (Å²) < 4.78 is 1.81. The van der Waals surface area contributed by atoms with E-state index in [4.69, 9.17) is 0 Å². The summed E-state index contributed by atoms with van der Waals surface area (Å²) in [7, 11) is 0. The van der Waals surface area contributed by atoms with Crippen molar-refractivity contribution in [1.29, 1.82) is 0 Å². The van der Waals surface area contributed by atoms with Crippen molar-refractivity contribution in [3.05, 3.63) is 38.3 Å². The quantitative estimate of drug-likeness (QED) is 0.797. The Bertz CT molecular complexity index is 491. The van der Waals surface area contributed by atoms with Crippen LogP contribution in [0.5, 0.6) is 0 Å². The first-order chi connectivity index (χ1) is 8.08. The minimum absolute atomic E-state index is 0.0414. The highest BCUT2D eigenvalue weighted by Crippen LogP contribution is 2.26. The SMILES string of the molecule is CC(C(=O)Nc1cc(Br)ccc1Br)=C1CNC1. The molecule has 1 aromatic carbocycles. The minimum atomic E-state index is -0.0414. The number of carbonyl (C=O) groups excluding carboxylic acids is 1. The lowest BCUT2D eigenvalue weighted by molar-refractivity contribution is -0.112. The summed E-state index contributed by atoms with van der Waals surface area (Å²) in [5, 5.41) is 6.03. The number of carbonyl (C=O) groups is 1. The van der Waals surface area contributed by atoms with Crippen LogP contribution in [0.25, 0.3) is 0 Å². The molecule has 5 heteroatoms. The van der Waals surface area contributed by atoms with E-state index in [2.05, 4.69) is 42.5 Å². The van der Waals surface area contributed by atoms with Crippen molar-refractivity contribution >= 4 is 43.5 Å². The molecule has 1 aromatic rings. The fraction of sp³-hybridized carbons (Fsp3) is 0.250. The Balaban J connectivity index is 2.15. The first kappa shape index (κ1) is 12.8. The molecule has 1 fully saturated rings. The summed E-state index contributed by atoms with van der Waals surface area (Å²) in [5.41, 5.74) is 2.75. The van der Waals surface area contributed by atoms with Gasteiger partial charge in [0, 0.05) is 27.6 Å². The molecular formula is C12H12Br2N2O. The van der Waals surface area contributed by atoms with E-state index in [1.165, 1.54) is 5.57 Å². The highest BCUT2D eigenvalue weighted by molar-refractivity contribution is 9.11. The molecule has 1 aliphatic rings. The number of amides is 1. The lowest BCUT2D eigenvalue weighted by Gasteiger charge is -2.21. The zero-order valence-corrected chi connectivity index (χ0v) is 12.5. The number of hydrogen-bond donors (Lipinski definition) is 2. The van der Waals surface area contributed by atoms with Crippen molar-refractivity contribution in [1.82, 2.24) is 5.32 Å². The summed E-state index contributed by atoms with van der Waals surface area (Å²) >= 11 is 6.80. The van der Waals surface area contributed by atoms with Crippen molar-refractivity contribution in [3.63, 3.8) is 0 Å². The monoisotopic (exact) mass is 358 g/mol. The van der Waals surface area contributed by atoms with Crippen molar-refractivity contribution < 1.29 is 4.79 Å². The lowest BCUT2D eigenvalue weighted by Crippen LogP contribution is -2.36. The molecule has 2 rings (SSSR count). The Morgan fingerprint density at radius 3 is 2.65 bits per heavy atom. The van der Waals surface area contributed by atoms with Gasteiger partial charge >= 0.3 is 0 Å². The molecule has 0 radical (unpaired) electrons. The van der Waals surface area contributed by atoms with Gasteiger partial charge in [-0.25, -0.2) is 0 Å². The molecule has 1 heterocycles. The van der Waals surface area contributed by atoms with Crippen LogP contribution >= 0.6 is 31.9 Å². The van der Waals surface area contributed by atoms with Gasteiger partial charge in [0.15, 0.2) is 0 Å². The zero-order chi connectivity index (χ0) is 12.4. The Morgan fingerprint density at radius 2 is 2.06 bits per heavy atom. The van der Waals surface area contributed by atoms with Crippen LogP contribution < -0.4 is 10.6 Å². The van der Waals surface area contributed by atoms with Gasteiger partial charge in [-0.2, -0.15) is 0 Å². The smallest absolute Gasteiger partial charge is 0.251 e. The Hall–Kier alpha value is -0.650. The first-order valence-corrected chi connectivity index (χ1v) is 6.82. The number of rotatable bonds is 2. The fourth-order valence-corrected chi connectivity index (χ4v) is 2.19. The normalized spacial score (nSPS) is 14.2. The average molecular weight is 360 g/mol. The van der Waals surface area contributed by atoms with E-state index in [0.717, 1.165) is 33.3 Å². The summed E-state index contributed by atoms with van der Waals surface area (Å²) in [4.78, 5) is 12.0. The molecule has 0 aromatic heterocycles. The van der Waals surface area contributed by atoms with E-state index in [1.807, 2.05) is 25.1 Å². The minimum Gasteiger partial charge on any atom is -0.321 e. The number of halogens is 2. The van der Waals surface area contributed by atoms with Crippen molar-refractivity contribution in [2.45, 2.75) is 6.92 Å².